The lowest BCUT2D eigenvalue weighted by Gasteiger charge is -2.05. The average Bonchev–Trinajstić information content (AvgIpc) is 2.30. The summed E-state index contributed by atoms with van der Waals surface area (Å²) in [5.41, 5.74) is 0. The fourth-order valence-corrected chi connectivity index (χ4v) is 1.30. The van der Waals surface area contributed by atoms with Crippen molar-refractivity contribution in [1.82, 2.24) is 5.32 Å². The fraction of sp³-hybridized carbons (Fsp3) is 0.917. The van der Waals surface area contributed by atoms with Crippen LogP contribution in [0.15, 0.2) is 0 Å². The van der Waals surface area contributed by atoms with Gasteiger partial charge in [0.25, 0.3) is 0 Å². The lowest BCUT2D eigenvalue weighted by atomic mass is 10.2. The molecule has 16 heavy (non-hydrogen) atoms. The third kappa shape index (κ3) is 11.5. The van der Waals surface area contributed by atoms with Crippen molar-refractivity contribution in [3.63, 3.8) is 0 Å². The van der Waals surface area contributed by atoms with Crippen molar-refractivity contribution in [2.75, 3.05) is 33.0 Å². The quantitative estimate of drug-likeness (QED) is 0.555. The van der Waals surface area contributed by atoms with E-state index in [-0.39, 0.29) is 13.9 Å². The van der Waals surface area contributed by atoms with Crippen LogP contribution >= 0.6 is 0 Å². The van der Waals surface area contributed by atoms with Crippen LogP contribution in [0.3, 0.4) is 0 Å². The molecule has 4 nitrogen and oxygen atoms in total. The molecule has 0 aromatic heterocycles. The summed E-state index contributed by atoms with van der Waals surface area (Å²) in [6.45, 7) is 7.06. The van der Waals surface area contributed by atoms with E-state index < -0.39 is 0 Å². The molecule has 4 heteroatoms. The van der Waals surface area contributed by atoms with E-state index in [1.54, 1.807) is 0 Å². The van der Waals surface area contributed by atoms with Gasteiger partial charge in [0.1, 0.15) is 6.61 Å². The van der Waals surface area contributed by atoms with E-state index in [1.165, 1.54) is 6.42 Å². The van der Waals surface area contributed by atoms with Crippen LogP contribution in [-0.2, 0) is 14.3 Å². The summed E-state index contributed by atoms with van der Waals surface area (Å²) < 4.78 is 10.2. The van der Waals surface area contributed by atoms with Crippen molar-refractivity contribution in [2.24, 2.45) is 0 Å². The number of carbonyl (C=O) groups excluding carboxylic acids is 1. The van der Waals surface area contributed by atoms with Gasteiger partial charge < -0.3 is 14.8 Å². The molecule has 0 aliphatic carbocycles. The van der Waals surface area contributed by atoms with Crippen molar-refractivity contribution in [3.05, 3.63) is 0 Å². The summed E-state index contributed by atoms with van der Waals surface area (Å²) >= 11 is 0. The lowest BCUT2D eigenvalue weighted by Crippen LogP contribution is -2.28. The summed E-state index contributed by atoms with van der Waals surface area (Å²) in [7, 11) is 0. The SMILES string of the molecule is CCOCCCCCCNC(=O)COCC.[HH]. The van der Waals surface area contributed by atoms with Gasteiger partial charge in [-0.3, -0.25) is 4.79 Å². The van der Waals surface area contributed by atoms with E-state index in [4.69, 9.17) is 9.47 Å². The van der Waals surface area contributed by atoms with Crippen molar-refractivity contribution in [3.8, 4) is 0 Å². The summed E-state index contributed by atoms with van der Waals surface area (Å²) in [6.07, 6.45) is 4.45. The minimum Gasteiger partial charge on any atom is -0.382 e. The predicted octanol–water partition coefficient (Wildman–Crippen LogP) is 1.98. The standard InChI is InChI=1S/C12H25NO3.H2/c1-3-15-10-8-6-5-7-9-13-12(14)11-16-4-2;/h3-11H2,1-2H3,(H,13,14);1H. The summed E-state index contributed by atoms with van der Waals surface area (Å²) in [5, 5.41) is 2.82. The zero-order valence-electron chi connectivity index (χ0n) is 10.6. The van der Waals surface area contributed by atoms with E-state index in [0.717, 1.165) is 39.0 Å². The monoisotopic (exact) mass is 233 g/mol. The number of ether oxygens (including phenoxy) is 2. The number of nitrogens with one attached hydrogen (secondary N) is 1. The van der Waals surface area contributed by atoms with Crippen LogP contribution in [0.5, 0.6) is 0 Å². The minimum absolute atomic E-state index is 0. The van der Waals surface area contributed by atoms with Crippen LogP contribution in [0.25, 0.3) is 0 Å². The molecule has 0 saturated heterocycles. The second kappa shape index (κ2) is 12.5. The van der Waals surface area contributed by atoms with Gasteiger partial charge in [-0.1, -0.05) is 12.8 Å². The van der Waals surface area contributed by atoms with Crippen LogP contribution < -0.4 is 5.32 Å². The van der Waals surface area contributed by atoms with E-state index >= 15 is 0 Å². The smallest absolute Gasteiger partial charge is 0.245 e. The molecule has 0 heterocycles. The fourth-order valence-electron chi connectivity index (χ4n) is 1.30. The van der Waals surface area contributed by atoms with E-state index in [2.05, 4.69) is 5.32 Å². The van der Waals surface area contributed by atoms with E-state index in [9.17, 15) is 4.79 Å². The van der Waals surface area contributed by atoms with Gasteiger partial charge in [0.05, 0.1) is 0 Å². The average molecular weight is 233 g/mol. The summed E-state index contributed by atoms with van der Waals surface area (Å²) in [4.78, 5) is 11.1. The van der Waals surface area contributed by atoms with Gasteiger partial charge in [-0.05, 0) is 26.7 Å². The molecule has 0 aromatic carbocycles. The Morgan fingerprint density at radius 3 is 2.44 bits per heavy atom. The number of carbonyl (C=O) groups is 1. The molecule has 0 saturated carbocycles. The first-order valence-corrected chi connectivity index (χ1v) is 6.23. The topological polar surface area (TPSA) is 47.6 Å². The van der Waals surface area contributed by atoms with Gasteiger partial charge in [0.15, 0.2) is 0 Å². The number of unbranched alkanes of at least 4 members (excludes halogenated alkanes) is 3. The highest BCUT2D eigenvalue weighted by atomic mass is 16.5. The highest BCUT2D eigenvalue weighted by molar-refractivity contribution is 5.77. The molecular formula is C12H27NO3. The molecule has 98 valence electrons. The maximum Gasteiger partial charge on any atom is 0.245 e. The van der Waals surface area contributed by atoms with Gasteiger partial charge in [-0.25, -0.2) is 0 Å². The largest absolute Gasteiger partial charge is 0.382 e. The lowest BCUT2D eigenvalue weighted by molar-refractivity contribution is -0.125. The Labute approximate surface area is 100 Å². The zero-order chi connectivity index (χ0) is 12.1. The van der Waals surface area contributed by atoms with E-state index in [1.807, 2.05) is 13.8 Å². The summed E-state index contributed by atoms with van der Waals surface area (Å²) in [5.74, 6) is -0.0174. The van der Waals surface area contributed by atoms with Gasteiger partial charge in [0, 0.05) is 27.8 Å². The highest BCUT2D eigenvalue weighted by Crippen LogP contribution is 1.99. The number of hydrogen-bond acceptors (Lipinski definition) is 3. The molecule has 0 bridgehead atoms. The second-order valence-corrected chi connectivity index (χ2v) is 3.60. The third-order valence-electron chi connectivity index (χ3n) is 2.18. The minimum atomic E-state index is -0.0174. The molecule has 1 amide bonds. The Hall–Kier alpha value is -0.610. The first-order chi connectivity index (χ1) is 7.81. The molecule has 0 aliphatic rings. The Morgan fingerprint density at radius 2 is 1.75 bits per heavy atom. The van der Waals surface area contributed by atoms with Crippen molar-refractivity contribution in [2.45, 2.75) is 39.5 Å². The van der Waals surface area contributed by atoms with Crippen LogP contribution in [0.2, 0.25) is 0 Å². The molecule has 0 fully saturated rings. The van der Waals surface area contributed by atoms with Crippen molar-refractivity contribution >= 4 is 5.91 Å². The van der Waals surface area contributed by atoms with Crippen molar-refractivity contribution < 1.29 is 15.7 Å². The van der Waals surface area contributed by atoms with Crippen LogP contribution in [0, 0.1) is 0 Å². The Kier molecular flexibility index (Phi) is 12.0. The Morgan fingerprint density at radius 1 is 1.06 bits per heavy atom. The normalized spacial score (nSPS) is 10.4. The van der Waals surface area contributed by atoms with Gasteiger partial charge in [-0.2, -0.15) is 0 Å². The maximum atomic E-state index is 11.1. The maximum absolute atomic E-state index is 11.1. The Balaban J connectivity index is 0. The number of hydrogen-bond donors (Lipinski definition) is 1. The van der Waals surface area contributed by atoms with Gasteiger partial charge in [0.2, 0.25) is 5.91 Å². The van der Waals surface area contributed by atoms with Crippen LogP contribution in [0.1, 0.15) is 41.0 Å². The second-order valence-electron chi connectivity index (χ2n) is 3.60. The molecule has 0 aromatic rings. The molecule has 0 aliphatic heterocycles. The van der Waals surface area contributed by atoms with Crippen molar-refractivity contribution in [1.29, 1.82) is 0 Å². The molecule has 0 rings (SSSR count). The molecular weight excluding hydrogens is 206 g/mol. The predicted molar refractivity (Wildman–Crippen MR) is 66.6 cm³/mol. The van der Waals surface area contributed by atoms with Crippen LogP contribution in [-0.4, -0.2) is 38.9 Å². The summed E-state index contributed by atoms with van der Waals surface area (Å²) in [6, 6.07) is 0. The van der Waals surface area contributed by atoms with Crippen LogP contribution in [0.4, 0.5) is 0 Å². The molecule has 0 unspecified atom stereocenters. The molecule has 0 atom stereocenters. The first kappa shape index (κ1) is 15.4. The number of amides is 1. The third-order valence-corrected chi connectivity index (χ3v) is 2.18. The van der Waals surface area contributed by atoms with E-state index in [0.29, 0.717) is 6.61 Å². The highest BCUT2D eigenvalue weighted by Gasteiger charge is 1.98. The zero-order valence-corrected chi connectivity index (χ0v) is 10.6. The molecule has 0 radical (unpaired) electrons. The first-order valence-electron chi connectivity index (χ1n) is 6.23. The number of rotatable bonds is 11. The molecule has 0 spiro atoms. The van der Waals surface area contributed by atoms with Gasteiger partial charge in [-0.15, -0.1) is 0 Å². The van der Waals surface area contributed by atoms with Gasteiger partial charge >= 0.3 is 0 Å². The molecule has 1 N–H and O–H groups in total. The Bertz CT molecular complexity index is 168.